The predicted molar refractivity (Wildman–Crippen MR) is 55.9 cm³/mol. The van der Waals surface area contributed by atoms with E-state index in [9.17, 15) is 0 Å². The van der Waals surface area contributed by atoms with Crippen LogP contribution in [0.2, 0.25) is 24.7 Å². The molecular formula is C8H19BrSi. The van der Waals surface area contributed by atoms with Crippen LogP contribution in [0, 0.1) is 0 Å². The van der Waals surface area contributed by atoms with Gasteiger partial charge in [0, 0.05) is 0 Å². The van der Waals surface area contributed by atoms with E-state index in [1.165, 1.54) is 19.3 Å². The van der Waals surface area contributed by atoms with Crippen LogP contribution in [0.3, 0.4) is 0 Å². The van der Waals surface area contributed by atoms with Crippen molar-refractivity contribution in [2.45, 2.75) is 50.9 Å². The number of halogens is 1. The van der Waals surface area contributed by atoms with Gasteiger partial charge in [-0.05, 0) is 5.54 Å². The first-order valence-electron chi connectivity index (χ1n) is 4.13. The molecule has 0 nitrogen and oxygen atoms in total. The number of hydrogen-bond donors (Lipinski definition) is 0. The highest BCUT2D eigenvalue weighted by Gasteiger charge is 2.30. The zero-order chi connectivity index (χ0) is 6.91. The topological polar surface area (TPSA) is 0 Å². The van der Waals surface area contributed by atoms with Crippen LogP contribution in [0.25, 0.3) is 0 Å². The fourth-order valence-corrected chi connectivity index (χ4v) is 4.31. The summed E-state index contributed by atoms with van der Waals surface area (Å²) in [6, 6.07) is 1.58. The Morgan fingerprint density at radius 3 is 2.10 bits per heavy atom. The highest BCUT2D eigenvalue weighted by Crippen LogP contribution is 2.36. The van der Waals surface area contributed by atoms with Gasteiger partial charge in [-0.15, -0.1) is 17.0 Å². The molecule has 0 amide bonds. The lowest BCUT2D eigenvalue weighted by molar-refractivity contribution is 0.635. The van der Waals surface area contributed by atoms with Gasteiger partial charge in [0.1, 0.15) is 0 Å². The fourth-order valence-electron chi connectivity index (χ4n) is 1.67. The highest BCUT2D eigenvalue weighted by molar-refractivity contribution is 8.93. The molecule has 0 saturated carbocycles. The molecule has 10 heavy (non-hydrogen) atoms. The van der Waals surface area contributed by atoms with E-state index in [-0.39, 0.29) is 17.0 Å². The molecule has 0 bridgehead atoms. The Morgan fingerprint density at radius 2 is 1.80 bits per heavy atom. The monoisotopic (exact) mass is 222 g/mol. The lowest BCUT2D eigenvalue weighted by atomic mass is 10.2. The highest BCUT2D eigenvalue weighted by atomic mass is 79.9. The van der Waals surface area contributed by atoms with Crippen LogP contribution < -0.4 is 0 Å². The first kappa shape index (κ1) is 10.7. The summed E-state index contributed by atoms with van der Waals surface area (Å²) >= 11 is 0. The Bertz CT molecular complexity index is 101. The second kappa shape index (κ2) is 3.91. The van der Waals surface area contributed by atoms with Crippen LogP contribution in [-0.4, -0.2) is 8.07 Å². The van der Waals surface area contributed by atoms with Crippen molar-refractivity contribution in [1.29, 1.82) is 0 Å². The van der Waals surface area contributed by atoms with Crippen molar-refractivity contribution in [2.75, 3.05) is 0 Å². The van der Waals surface area contributed by atoms with Crippen LogP contribution in [0.4, 0.5) is 0 Å². The van der Waals surface area contributed by atoms with Gasteiger partial charge < -0.3 is 0 Å². The molecule has 0 aromatic heterocycles. The largest absolute Gasteiger partial charge is 0.114 e. The Labute approximate surface area is 76.2 Å². The molecule has 2 heteroatoms. The average molecular weight is 223 g/mol. The van der Waals surface area contributed by atoms with E-state index in [2.05, 4.69) is 20.0 Å². The third-order valence-corrected chi connectivity index (χ3v) is 7.64. The molecule has 0 aromatic rings. The lowest BCUT2D eigenvalue weighted by Crippen LogP contribution is -2.33. The van der Waals surface area contributed by atoms with Crippen molar-refractivity contribution in [3.8, 4) is 0 Å². The summed E-state index contributed by atoms with van der Waals surface area (Å²) in [4.78, 5) is 0. The number of hydrogen-bond acceptors (Lipinski definition) is 0. The predicted octanol–water partition coefficient (Wildman–Crippen LogP) is 3.85. The summed E-state index contributed by atoms with van der Waals surface area (Å²) in [6.07, 6.45) is 4.53. The van der Waals surface area contributed by atoms with Crippen LogP contribution >= 0.6 is 17.0 Å². The van der Waals surface area contributed by atoms with Crippen LogP contribution in [0.15, 0.2) is 0 Å². The van der Waals surface area contributed by atoms with Crippen molar-refractivity contribution >= 4 is 25.1 Å². The van der Waals surface area contributed by atoms with Crippen molar-refractivity contribution in [2.24, 2.45) is 0 Å². The van der Waals surface area contributed by atoms with Crippen molar-refractivity contribution in [3.05, 3.63) is 0 Å². The summed E-state index contributed by atoms with van der Waals surface area (Å²) in [5.41, 5.74) is 1.09. The molecule has 1 rings (SSSR count). The second-order valence-electron chi connectivity index (χ2n) is 4.14. The lowest BCUT2D eigenvalue weighted by Gasteiger charge is -2.34. The molecule has 0 aliphatic carbocycles. The molecule has 0 N–H and O–H groups in total. The average Bonchev–Trinajstić information content (AvgIpc) is 1.77. The van der Waals surface area contributed by atoms with E-state index >= 15 is 0 Å². The maximum absolute atomic E-state index is 2.54. The molecule has 1 fully saturated rings. The van der Waals surface area contributed by atoms with E-state index in [0.717, 1.165) is 5.54 Å². The van der Waals surface area contributed by atoms with E-state index in [1.54, 1.807) is 6.04 Å². The Kier molecular flexibility index (Phi) is 4.18. The molecular weight excluding hydrogens is 204 g/mol. The second-order valence-corrected chi connectivity index (χ2v) is 9.60. The van der Waals surface area contributed by atoms with Gasteiger partial charge in [-0.2, -0.15) is 0 Å². The van der Waals surface area contributed by atoms with Gasteiger partial charge >= 0.3 is 0 Å². The van der Waals surface area contributed by atoms with Gasteiger partial charge in [-0.25, -0.2) is 0 Å². The van der Waals surface area contributed by atoms with E-state index < -0.39 is 8.07 Å². The molecule has 0 spiro atoms. The number of rotatable bonds is 0. The molecule has 0 aromatic carbocycles. The summed E-state index contributed by atoms with van der Waals surface area (Å²) in [7, 11) is -0.694. The molecule has 1 aliphatic heterocycles. The van der Waals surface area contributed by atoms with Gasteiger partial charge in [0.15, 0.2) is 0 Å². The zero-order valence-corrected chi connectivity index (χ0v) is 10.0. The van der Waals surface area contributed by atoms with Gasteiger partial charge in [0.2, 0.25) is 0 Å². The minimum atomic E-state index is -0.694. The van der Waals surface area contributed by atoms with Gasteiger partial charge in [0.05, 0.1) is 8.07 Å². The molecule has 1 unspecified atom stereocenters. The minimum absolute atomic E-state index is 0. The summed E-state index contributed by atoms with van der Waals surface area (Å²) in [5, 5.41) is 0. The first-order chi connectivity index (χ1) is 4.13. The summed E-state index contributed by atoms with van der Waals surface area (Å²) in [6.45, 7) is 7.53. The minimum Gasteiger partial charge on any atom is -0.114 e. The molecule has 1 aliphatic rings. The fraction of sp³-hybridized carbons (Fsp3) is 1.00. The van der Waals surface area contributed by atoms with Crippen molar-refractivity contribution in [3.63, 3.8) is 0 Å². The van der Waals surface area contributed by atoms with E-state index in [4.69, 9.17) is 0 Å². The molecule has 62 valence electrons. The Hall–Kier alpha value is 0.697. The summed E-state index contributed by atoms with van der Waals surface area (Å²) < 4.78 is 0. The van der Waals surface area contributed by atoms with Crippen LogP contribution in [-0.2, 0) is 0 Å². The quantitative estimate of drug-likeness (QED) is 0.547. The van der Waals surface area contributed by atoms with Gasteiger partial charge in [-0.1, -0.05) is 45.3 Å². The zero-order valence-electron chi connectivity index (χ0n) is 7.31. The van der Waals surface area contributed by atoms with Crippen LogP contribution in [0.1, 0.15) is 26.2 Å². The third-order valence-electron chi connectivity index (χ3n) is 3.04. The van der Waals surface area contributed by atoms with Gasteiger partial charge in [0.25, 0.3) is 0 Å². The third kappa shape index (κ3) is 2.39. The van der Waals surface area contributed by atoms with E-state index in [1.807, 2.05) is 0 Å². The maximum Gasteiger partial charge on any atom is 0.0502 e. The van der Waals surface area contributed by atoms with E-state index in [0.29, 0.717) is 0 Å². The Morgan fingerprint density at radius 1 is 1.20 bits per heavy atom. The van der Waals surface area contributed by atoms with Crippen molar-refractivity contribution in [1.82, 2.24) is 0 Å². The standard InChI is InChI=1S/C8H18Si.BrH/c1-8-6-4-5-7-9(8,2)3;/h8H,4-7H2,1-3H3;1H. The van der Waals surface area contributed by atoms with Crippen LogP contribution in [0.5, 0.6) is 0 Å². The molecule has 1 heterocycles. The maximum atomic E-state index is 2.54. The normalized spacial score (nSPS) is 30.9. The smallest absolute Gasteiger partial charge is 0.0502 e. The van der Waals surface area contributed by atoms with Gasteiger partial charge in [-0.3, -0.25) is 0 Å². The molecule has 1 saturated heterocycles. The Balaban J connectivity index is 0.000000810. The SMILES string of the molecule is Br.CC1CCCC[Si]1(C)C. The first-order valence-corrected chi connectivity index (χ1v) is 7.41. The molecule has 0 radical (unpaired) electrons. The molecule has 1 atom stereocenters. The van der Waals surface area contributed by atoms with Crippen molar-refractivity contribution < 1.29 is 0 Å². The summed E-state index contributed by atoms with van der Waals surface area (Å²) in [5.74, 6) is 0.